The molecule has 39 heavy (non-hydrogen) atoms. The number of aliphatic hydroxyl groups is 2. The summed E-state index contributed by atoms with van der Waals surface area (Å²) < 4.78 is 53.5. The van der Waals surface area contributed by atoms with Crippen LogP contribution in [-0.4, -0.2) is 80.5 Å². The van der Waals surface area contributed by atoms with Crippen molar-refractivity contribution >= 4 is 46.4 Å². The van der Waals surface area contributed by atoms with Gasteiger partial charge in [-0.05, 0) is 57.3 Å². The second-order valence-corrected chi connectivity index (χ2v) is 8.92. The Morgan fingerprint density at radius 1 is 0.923 bits per heavy atom. The van der Waals surface area contributed by atoms with Crippen molar-refractivity contribution in [2.45, 2.75) is 25.0 Å². The Kier molecular flexibility index (Phi) is 11.3. The molecule has 0 radical (unpaired) electrons. The van der Waals surface area contributed by atoms with Gasteiger partial charge in [0.25, 0.3) is 0 Å². The van der Waals surface area contributed by atoms with Crippen molar-refractivity contribution in [2.75, 3.05) is 30.8 Å². The third kappa shape index (κ3) is 8.68. The largest absolute Gasteiger partial charge is 0.479 e. The van der Waals surface area contributed by atoms with Gasteiger partial charge in [0.15, 0.2) is 46.4 Å². The van der Waals surface area contributed by atoms with Crippen LogP contribution in [0.4, 0.5) is 28.9 Å². The Bertz CT molecular complexity index is 1220. The van der Waals surface area contributed by atoms with E-state index in [0.717, 1.165) is 25.9 Å². The molecule has 0 spiro atoms. The van der Waals surface area contributed by atoms with E-state index in [-0.39, 0.29) is 16.8 Å². The Labute approximate surface area is 224 Å². The van der Waals surface area contributed by atoms with Gasteiger partial charge in [-0.15, -0.1) is 0 Å². The van der Waals surface area contributed by atoms with Crippen LogP contribution in [0.15, 0.2) is 30.3 Å². The number of carboxylic acid groups (broad SMARTS) is 2. The van der Waals surface area contributed by atoms with Gasteiger partial charge in [0, 0.05) is 23.2 Å². The number of nitrogens with zero attached hydrogens (tertiary/aromatic N) is 1. The first-order valence-electron chi connectivity index (χ1n) is 11.3. The molecule has 1 fully saturated rings. The standard InChI is InChI=1S/C20H19F4N3OS.C4H6O6/c1-27-7-5-11(6-8-27)19(28)12-3-2-4-13(9-12)25-20(29)26-15-10-14(21)16(22)18(24)17(15)23;5-1(3(7)8)2(6)4(9)10/h2-4,9-11H,5-8H2,1H3,(H2,25,26,29);1-2,5-6H,(H,7,8)(H,9,10). The lowest BCUT2D eigenvalue weighted by Crippen LogP contribution is -2.39. The molecule has 0 saturated carbocycles. The number of ketones is 1. The maximum absolute atomic E-state index is 13.8. The molecule has 0 aromatic heterocycles. The van der Waals surface area contributed by atoms with Crippen LogP contribution in [-0.2, 0) is 9.59 Å². The zero-order valence-electron chi connectivity index (χ0n) is 20.3. The first kappa shape index (κ1) is 31.6. The second-order valence-electron chi connectivity index (χ2n) is 8.52. The lowest BCUT2D eigenvalue weighted by atomic mass is 9.89. The minimum Gasteiger partial charge on any atom is -0.479 e. The van der Waals surface area contributed by atoms with Crippen molar-refractivity contribution in [3.63, 3.8) is 0 Å². The van der Waals surface area contributed by atoms with Crippen LogP contribution in [0.5, 0.6) is 0 Å². The summed E-state index contributed by atoms with van der Waals surface area (Å²) in [5.74, 6) is -10.5. The van der Waals surface area contributed by atoms with Gasteiger partial charge in [-0.3, -0.25) is 4.79 Å². The summed E-state index contributed by atoms with van der Waals surface area (Å²) in [4.78, 5) is 34.4. The Morgan fingerprint density at radius 3 is 2.03 bits per heavy atom. The summed E-state index contributed by atoms with van der Waals surface area (Å²) in [5.41, 5.74) is 0.319. The van der Waals surface area contributed by atoms with E-state index in [9.17, 15) is 31.9 Å². The number of aliphatic carboxylic acids is 2. The quantitative estimate of drug-likeness (QED) is 0.0947. The topological polar surface area (TPSA) is 159 Å². The van der Waals surface area contributed by atoms with E-state index < -0.39 is 53.1 Å². The van der Waals surface area contributed by atoms with E-state index in [1.165, 1.54) is 0 Å². The van der Waals surface area contributed by atoms with Crippen molar-refractivity contribution in [1.29, 1.82) is 0 Å². The number of piperidine rings is 1. The number of likely N-dealkylation sites (tertiary alicyclic amines) is 1. The number of hydrogen-bond acceptors (Lipinski definition) is 7. The number of benzene rings is 2. The summed E-state index contributed by atoms with van der Waals surface area (Å²) in [7, 11) is 2.01. The molecule has 10 nitrogen and oxygen atoms in total. The summed E-state index contributed by atoms with van der Waals surface area (Å²) in [6.07, 6.45) is -2.96. The van der Waals surface area contributed by atoms with Crippen molar-refractivity contribution in [3.05, 3.63) is 59.2 Å². The smallest absolute Gasteiger partial charge is 0.335 e. The Morgan fingerprint density at radius 2 is 1.49 bits per heavy atom. The molecule has 2 unspecified atom stereocenters. The average molecular weight is 576 g/mol. The molecular formula is C24H25F4N3O7S. The molecule has 6 N–H and O–H groups in total. The van der Waals surface area contributed by atoms with Crippen LogP contribution in [0.25, 0.3) is 0 Å². The fraction of sp³-hybridized carbons (Fsp3) is 0.333. The number of Topliss-reactive ketones (excluding diaryl/α,β-unsaturated/α-hetero) is 1. The molecule has 2 aromatic carbocycles. The molecule has 3 rings (SSSR count). The molecule has 212 valence electrons. The summed E-state index contributed by atoms with van der Waals surface area (Å²) in [6.45, 7) is 1.72. The van der Waals surface area contributed by atoms with E-state index >= 15 is 0 Å². The minimum absolute atomic E-state index is 0.0364. The first-order valence-corrected chi connectivity index (χ1v) is 11.7. The van der Waals surface area contributed by atoms with E-state index in [0.29, 0.717) is 17.3 Å². The lowest BCUT2D eigenvalue weighted by Gasteiger charge is -2.28. The number of rotatable bonds is 7. The van der Waals surface area contributed by atoms with E-state index in [1.54, 1.807) is 24.3 Å². The molecule has 2 aromatic rings. The first-order chi connectivity index (χ1) is 18.2. The van der Waals surface area contributed by atoms with Crippen LogP contribution in [0.3, 0.4) is 0 Å². The van der Waals surface area contributed by atoms with Crippen molar-refractivity contribution in [3.8, 4) is 0 Å². The number of carbonyl (C=O) groups is 3. The minimum atomic E-state index is -2.27. The van der Waals surface area contributed by atoms with Gasteiger partial charge in [0.05, 0.1) is 5.69 Å². The van der Waals surface area contributed by atoms with E-state index in [4.69, 9.17) is 32.6 Å². The summed E-state index contributed by atoms with van der Waals surface area (Å²) in [6, 6.07) is 7.10. The van der Waals surface area contributed by atoms with Crippen LogP contribution >= 0.6 is 12.2 Å². The van der Waals surface area contributed by atoms with Crippen molar-refractivity contribution in [2.24, 2.45) is 5.92 Å². The molecule has 0 bridgehead atoms. The van der Waals surface area contributed by atoms with Gasteiger partial charge in [-0.25, -0.2) is 27.2 Å². The van der Waals surface area contributed by atoms with Gasteiger partial charge in [0.1, 0.15) is 0 Å². The molecule has 15 heteroatoms. The number of anilines is 2. The fourth-order valence-corrected chi connectivity index (χ4v) is 3.70. The molecule has 2 atom stereocenters. The molecule has 0 amide bonds. The summed E-state index contributed by atoms with van der Waals surface area (Å²) >= 11 is 5.03. The maximum atomic E-state index is 13.8. The predicted octanol–water partition coefficient (Wildman–Crippen LogP) is 2.45. The van der Waals surface area contributed by atoms with Crippen molar-refractivity contribution < 1.29 is 52.4 Å². The third-order valence-electron chi connectivity index (χ3n) is 5.65. The number of carboxylic acids is 2. The molecule has 1 saturated heterocycles. The van der Waals surface area contributed by atoms with Gasteiger partial charge in [-0.2, -0.15) is 0 Å². The normalized spacial score (nSPS) is 15.4. The van der Waals surface area contributed by atoms with Crippen LogP contribution in [0.2, 0.25) is 0 Å². The number of carbonyl (C=O) groups excluding carboxylic acids is 1. The third-order valence-corrected chi connectivity index (χ3v) is 5.85. The monoisotopic (exact) mass is 575 g/mol. The highest BCUT2D eigenvalue weighted by molar-refractivity contribution is 7.80. The SMILES string of the molecule is CN1CCC(C(=O)c2cccc(NC(=S)Nc3cc(F)c(F)c(F)c3F)c2)CC1.O=C(O)C(O)C(O)C(=O)O. The van der Waals surface area contributed by atoms with Crippen LogP contribution < -0.4 is 10.6 Å². The maximum Gasteiger partial charge on any atom is 0.335 e. The zero-order valence-corrected chi connectivity index (χ0v) is 21.1. The lowest BCUT2D eigenvalue weighted by molar-refractivity contribution is -0.165. The Balaban J connectivity index is 0.000000455. The zero-order chi connectivity index (χ0) is 29.4. The van der Waals surface area contributed by atoms with Crippen LogP contribution in [0, 0.1) is 29.2 Å². The molecule has 1 heterocycles. The molecule has 1 aliphatic rings. The number of nitrogens with one attached hydrogen (secondary N) is 2. The predicted molar refractivity (Wildman–Crippen MR) is 134 cm³/mol. The van der Waals surface area contributed by atoms with E-state index in [2.05, 4.69) is 15.5 Å². The average Bonchev–Trinajstić information content (AvgIpc) is 2.90. The number of aliphatic hydroxyl groups excluding tert-OH is 2. The fourth-order valence-electron chi connectivity index (χ4n) is 3.48. The molecule has 1 aliphatic heterocycles. The van der Waals surface area contributed by atoms with Gasteiger partial charge < -0.3 is 36.0 Å². The van der Waals surface area contributed by atoms with E-state index in [1.807, 2.05) is 7.05 Å². The highest BCUT2D eigenvalue weighted by Gasteiger charge is 2.29. The molecular weight excluding hydrogens is 550 g/mol. The summed E-state index contributed by atoms with van der Waals surface area (Å²) in [5, 5.41) is 37.4. The Hall–Kier alpha value is -3.66. The number of halogens is 4. The van der Waals surface area contributed by atoms with Crippen molar-refractivity contribution in [1.82, 2.24) is 4.90 Å². The molecule has 0 aliphatic carbocycles. The van der Waals surface area contributed by atoms with Gasteiger partial charge in [0.2, 0.25) is 0 Å². The highest BCUT2D eigenvalue weighted by atomic mass is 32.1. The highest BCUT2D eigenvalue weighted by Crippen LogP contribution is 2.24. The van der Waals surface area contributed by atoms with Gasteiger partial charge >= 0.3 is 11.9 Å². The number of hydrogen-bond donors (Lipinski definition) is 6. The second kappa shape index (κ2) is 13.9. The van der Waals surface area contributed by atoms with Crippen LogP contribution in [0.1, 0.15) is 23.2 Å². The number of thiocarbonyl (C=S) groups is 1. The van der Waals surface area contributed by atoms with Gasteiger partial charge in [-0.1, -0.05) is 12.1 Å².